The number of rotatable bonds is 0. The predicted octanol–water partition coefficient (Wildman–Crippen LogP) is 7.23. The Morgan fingerprint density at radius 2 is 0.961 bits per heavy atom. The van der Waals surface area contributed by atoms with Gasteiger partial charge < -0.3 is 16.5 Å². The third-order valence-corrected chi connectivity index (χ3v) is 13.2. The van der Waals surface area contributed by atoms with Gasteiger partial charge in [-0.2, -0.15) is 0 Å². The maximum Gasteiger partial charge on any atom is 0.310 e. The number of fused-ring (bicyclic) bond motifs is 5. The van der Waals surface area contributed by atoms with Crippen LogP contribution in [-0.2, 0) is 27.7 Å². The first-order valence-electron chi connectivity index (χ1n) is 24.3. The lowest BCUT2D eigenvalue weighted by Crippen LogP contribution is -2.34. The Bertz CT molecular complexity index is 4060. The number of pyridine rings is 2. The van der Waals surface area contributed by atoms with E-state index in [1.165, 1.54) is 12.7 Å². The Kier molecular flexibility index (Phi) is 16.5. The zero-order valence-electron chi connectivity index (χ0n) is 46.2. The second kappa shape index (κ2) is 21.9. The van der Waals surface area contributed by atoms with E-state index in [0.29, 0.717) is 65.6 Å². The van der Waals surface area contributed by atoms with Crippen molar-refractivity contribution >= 4 is 88.0 Å². The normalized spacial score (nSPS) is 12.1. The second-order valence-electron chi connectivity index (χ2n) is 22.7. The lowest BCUT2D eigenvalue weighted by atomic mass is 10.1. The topological polar surface area (TPSA) is 298 Å². The summed E-state index contributed by atoms with van der Waals surface area (Å²) in [6, 6.07) is 14.2. The van der Waals surface area contributed by atoms with Crippen molar-refractivity contribution in [2.75, 3.05) is 11.5 Å². The van der Waals surface area contributed by atoms with Gasteiger partial charge in [-0.25, -0.2) is 39.9 Å². The molecule has 0 amide bonds. The Hall–Kier alpha value is -8.12. The summed E-state index contributed by atoms with van der Waals surface area (Å²) < 4.78 is 9.14. The third-order valence-electron chi connectivity index (χ3n) is 11.3. The van der Waals surface area contributed by atoms with Crippen molar-refractivity contribution in [3.8, 4) is 0 Å². The summed E-state index contributed by atoms with van der Waals surface area (Å²) in [5.74, 6) is 1.26. The molecule has 0 saturated carbocycles. The number of thiazole rings is 2. The van der Waals surface area contributed by atoms with Crippen LogP contribution in [0.25, 0.3) is 53.7 Å². The lowest BCUT2D eigenvalue weighted by molar-refractivity contribution is 0.381. The number of nitrogens with two attached hydrogens (primary N) is 2. The van der Waals surface area contributed by atoms with Gasteiger partial charge in [-0.1, -0.05) is 34.8 Å². The number of benzene rings is 1. The quantitative estimate of drug-likeness (QED) is 0.135. The number of H-pyrrole nitrogens is 1. The number of aromatic nitrogens is 14. The maximum absolute atomic E-state index is 12.1. The number of nitrogen functional groups attached to an aromatic ring is 2. The van der Waals surface area contributed by atoms with E-state index in [0.717, 1.165) is 28.2 Å². The fourth-order valence-corrected chi connectivity index (χ4v) is 9.56. The molecule has 0 bridgehead atoms. The average Bonchev–Trinajstić information content (AvgIpc) is 3.86. The van der Waals surface area contributed by atoms with Crippen LogP contribution >= 0.6 is 22.7 Å². The highest BCUT2D eigenvalue weighted by Gasteiger charge is 2.24. The molecule has 0 atom stereocenters. The van der Waals surface area contributed by atoms with Crippen molar-refractivity contribution in [3.05, 3.63) is 147 Å². The van der Waals surface area contributed by atoms with Gasteiger partial charge >= 0.3 is 9.75 Å². The van der Waals surface area contributed by atoms with Crippen LogP contribution in [0.3, 0.4) is 0 Å². The number of hydrogen-bond acceptors (Lipinski definition) is 18. The molecule has 77 heavy (non-hydrogen) atoms. The van der Waals surface area contributed by atoms with Crippen molar-refractivity contribution in [1.29, 1.82) is 0 Å². The third kappa shape index (κ3) is 13.1. The molecule has 1 aromatic carbocycles. The first-order valence-corrected chi connectivity index (χ1v) is 25.9. The highest BCUT2D eigenvalue weighted by Crippen LogP contribution is 2.25. The largest absolute Gasteiger partial charge is 0.384 e. The highest BCUT2D eigenvalue weighted by atomic mass is 32.1. The minimum absolute atomic E-state index is 0.0214. The van der Waals surface area contributed by atoms with Gasteiger partial charge in [0.05, 0.1) is 28.0 Å². The molecule has 22 nitrogen and oxygen atoms in total. The smallest absolute Gasteiger partial charge is 0.310 e. The van der Waals surface area contributed by atoms with E-state index < -0.39 is 0 Å². The van der Waals surface area contributed by atoms with Crippen LogP contribution in [0.2, 0.25) is 0 Å². The molecule has 0 aliphatic heterocycles. The first-order chi connectivity index (χ1) is 35.6. The molecule has 9 aromatic heterocycles. The summed E-state index contributed by atoms with van der Waals surface area (Å²) in [5, 5.41) is 1.73. The molecule has 10 rings (SSSR count). The first kappa shape index (κ1) is 58.1. The molecular weight excluding hydrogens is 1020 g/mol. The summed E-state index contributed by atoms with van der Waals surface area (Å²) in [6.07, 6.45) is 7.70. The second-order valence-corrected chi connectivity index (χ2v) is 24.7. The van der Waals surface area contributed by atoms with Gasteiger partial charge in [0, 0.05) is 33.9 Å². The van der Waals surface area contributed by atoms with Crippen molar-refractivity contribution in [1.82, 2.24) is 67.7 Å². The molecule has 406 valence electrons. The molecule has 0 aliphatic carbocycles. The van der Waals surface area contributed by atoms with E-state index in [1.54, 1.807) is 72.9 Å². The van der Waals surface area contributed by atoms with E-state index in [2.05, 4.69) is 44.9 Å². The van der Waals surface area contributed by atoms with Crippen molar-refractivity contribution in [3.63, 3.8) is 0 Å². The molecule has 9 heterocycles. The van der Waals surface area contributed by atoms with Gasteiger partial charge in [0.25, 0.3) is 22.2 Å². The van der Waals surface area contributed by atoms with E-state index >= 15 is 0 Å². The van der Waals surface area contributed by atoms with Crippen LogP contribution in [0.5, 0.6) is 0 Å². The van der Waals surface area contributed by atoms with E-state index in [9.17, 15) is 28.8 Å². The number of anilines is 2. The zero-order valence-corrected chi connectivity index (χ0v) is 47.9. The van der Waals surface area contributed by atoms with Crippen LogP contribution in [0.4, 0.5) is 11.6 Å². The molecule has 24 heteroatoms. The molecule has 0 unspecified atom stereocenters. The molecule has 0 aliphatic rings. The number of para-hydroxylation sites is 1. The molecule has 10 aromatic rings. The van der Waals surface area contributed by atoms with Crippen molar-refractivity contribution in [2.24, 2.45) is 0 Å². The Morgan fingerprint density at radius 1 is 0.481 bits per heavy atom. The summed E-state index contributed by atoms with van der Waals surface area (Å²) in [6.45, 7) is 31.1. The molecule has 0 saturated heterocycles. The van der Waals surface area contributed by atoms with Crippen LogP contribution in [0.1, 0.15) is 110 Å². The molecule has 0 fully saturated rings. The lowest BCUT2D eigenvalue weighted by Gasteiger charge is -2.21. The number of nitrogens with zero attached hydrogens (tertiary/aromatic N) is 13. The summed E-state index contributed by atoms with van der Waals surface area (Å²) in [7, 11) is 0. The molecule has 0 radical (unpaired) electrons. The fraction of sp³-hybridized carbons (Fsp3) is 0.396. The SMILES string of the molecule is CC(C)(C)n1c(=O)sc2c(N)ncnc21.CC(C)(C)n1cnc2ccccc2c1=O.CC(C)(C)n1cnc2nc(N)ccc2c1=O.CC(C)(C)n1cnc2ncccc2c1=O.Cc1nc2c(sc(=O)n2C(C)(C)C)c(=O)[nH]1. The van der Waals surface area contributed by atoms with Crippen LogP contribution in [-0.4, -0.2) is 67.7 Å². The number of hydrogen-bond donors (Lipinski definition) is 3. The van der Waals surface area contributed by atoms with Crippen molar-refractivity contribution in [2.45, 2.75) is 138 Å². The predicted molar refractivity (Wildman–Crippen MR) is 308 cm³/mol. The summed E-state index contributed by atoms with van der Waals surface area (Å²) in [5.41, 5.74) is 12.2. The number of nitrogens with one attached hydrogen (secondary N) is 1. The molecular formula is C53H66N16O6S2. The minimum atomic E-state index is -0.372. The average molecular weight is 1090 g/mol. The standard InChI is InChI=1S/C12H14N2O.C11H14N4O.C11H13N3O.C10H13N3O2S.C9H12N4OS/c1-12(2,3)14-8-13-10-7-5-4-6-9(10)11(14)15;1-11(2,3)15-6-13-9-7(10(15)16)4-5-8(12)14-9;1-11(2,3)14-7-13-9-8(10(14)15)5-4-6-12-9;1-5-11-7-6(8(14)12-5)16-9(15)13(7)10(2,3)4;1-9(2,3)13-7-5(15-8(13)14)6(10)11-4-12-7/h4-8H,1-3H3;4-6H,1-3H3,(H2,12,14);4-7H,1-3H3;1-4H3,(H,11,12,14);4H,1-3H3,(H2,10,11,12). The number of aryl methyl sites for hydroxylation is 1. The Balaban J connectivity index is 0.000000156. The van der Waals surface area contributed by atoms with Gasteiger partial charge in [-0.05, 0) is 147 Å². The maximum atomic E-state index is 12.1. The zero-order chi connectivity index (χ0) is 57.3. The van der Waals surface area contributed by atoms with Gasteiger partial charge in [-0.3, -0.25) is 51.6 Å². The van der Waals surface area contributed by atoms with Gasteiger partial charge in [-0.15, -0.1) is 0 Å². The monoisotopic (exact) mass is 1090 g/mol. The number of aromatic amines is 1. The van der Waals surface area contributed by atoms with E-state index in [-0.39, 0.29) is 59.7 Å². The van der Waals surface area contributed by atoms with Gasteiger partial charge in [0.1, 0.15) is 45.8 Å². The summed E-state index contributed by atoms with van der Waals surface area (Å²) in [4.78, 5) is 107. The van der Waals surface area contributed by atoms with E-state index in [4.69, 9.17) is 11.5 Å². The van der Waals surface area contributed by atoms with Crippen LogP contribution < -0.4 is 43.5 Å². The Morgan fingerprint density at radius 3 is 1.52 bits per heavy atom. The van der Waals surface area contributed by atoms with Crippen LogP contribution in [0.15, 0.2) is 109 Å². The van der Waals surface area contributed by atoms with E-state index in [1.807, 2.05) is 128 Å². The van der Waals surface area contributed by atoms with Gasteiger partial charge in [0.15, 0.2) is 22.6 Å². The highest BCUT2D eigenvalue weighted by molar-refractivity contribution is 7.17. The van der Waals surface area contributed by atoms with Crippen LogP contribution in [0, 0.1) is 6.92 Å². The Labute approximate surface area is 450 Å². The molecule has 5 N–H and O–H groups in total. The molecule has 0 spiro atoms. The summed E-state index contributed by atoms with van der Waals surface area (Å²) >= 11 is 2.03. The van der Waals surface area contributed by atoms with Crippen molar-refractivity contribution < 1.29 is 0 Å². The van der Waals surface area contributed by atoms with Gasteiger partial charge in [0.2, 0.25) is 0 Å². The minimum Gasteiger partial charge on any atom is -0.384 e. The fourth-order valence-electron chi connectivity index (χ4n) is 7.55.